The molecule has 2 aliphatic rings. The molecule has 1 aliphatic carbocycles. The molecule has 0 aromatic carbocycles. The Balaban J connectivity index is 1.96. The molecule has 1 aliphatic heterocycles. The predicted molar refractivity (Wildman–Crippen MR) is 88.1 cm³/mol. The van der Waals surface area contributed by atoms with Crippen molar-refractivity contribution >= 4 is 0 Å². The van der Waals surface area contributed by atoms with Crippen molar-refractivity contribution < 1.29 is 0 Å². The maximum absolute atomic E-state index is 3.66. The molecule has 1 saturated heterocycles. The van der Waals surface area contributed by atoms with Gasteiger partial charge in [-0.05, 0) is 62.9 Å². The van der Waals surface area contributed by atoms with Gasteiger partial charge in [-0.15, -0.1) is 0 Å². The molecule has 0 radical (unpaired) electrons. The zero-order valence-electron chi connectivity index (χ0n) is 14.1. The average molecular weight is 280 g/mol. The molecule has 1 heterocycles. The van der Waals surface area contributed by atoms with Crippen molar-refractivity contribution in [3.05, 3.63) is 0 Å². The van der Waals surface area contributed by atoms with Gasteiger partial charge in [0.15, 0.2) is 0 Å². The first-order valence-corrected chi connectivity index (χ1v) is 9.10. The maximum atomic E-state index is 3.66. The number of nitrogens with one attached hydrogen (secondary N) is 1. The molecule has 2 rings (SSSR count). The molecule has 0 aromatic rings. The van der Waals surface area contributed by atoms with E-state index in [2.05, 4.69) is 31.0 Å². The number of piperidine rings is 1. The van der Waals surface area contributed by atoms with Gasteiger partial charge >= 0.3 is 0 Å². The summed E-state index contributed by atoms with van der Waals surface area (Å²) in [7, 11) is 0. The van der Waals surface area contributed by atoms with Crippen LogP contribution in [0.4, 0.5) is 0 Å². The molecule has 1 atom stereocenters. The lowest BCUT2D eigenvalue weighted by Crippen LogP contribution is -2.50. The molecule has 118 valence electrons. The highest BCUT2D eigenvalue weighted by atomic mass is 15.2. The molecule has 1 saturated carbocycles. The highest BCUT2D eigenvalue weighted by Crippen LogP contribution is 2.34. The van der Waals surface area contributed by atoms with Crippen molar-refractivity contribution in [1.29, 1.82) is 0 Å². The van der Waals surface area contributed by atoms with Crippen LogP contribution in [0.25, 0.3) is 0 Å². The third kappa shape index (κ3) is 4.46. The van der Waals surface area contributed by atoms with Crippen LogP contribution < -0.4 is 5.32 Å². The first-order chi connectivity index (χ1) is 9.65. The third-order valence-electron chi connectivity index (χ3n) is 5.68. The summed E-state index contributed by atoms with van der Waals surface area (Å²) in [6, 6.07) is 0.888. The van der Waals surface area contributed by atoms with Gasteiger partial charge in [0, 0.05) is 19.1 Å². The number of hydrogen-bond donors (Lipinski definition) is 1. The molecule has 20 heavy (non-hydrogen) atoms. The van der Waals surface area contributed by atoms with Crippen LogP contribution >= 0.6 is 0 Å². The predicted octanol–water partition coefficient (Wildman–Crippen LogP) is 4.06. The van der Waals surface area contributed by atoms with E-state index in [0.717, 1.165) is 12.0 Å². The molecule has 0 bridgehead atoms. The molecule has 0 aromatic heterocycles. The molecular weight excluding hydrogens is 244 g/mol. The summed E-state index contributed by atoms with van der Waals surface area (Å²) < 4.78 is 0. The van der Waals surface area contributed by atoms with Gasteiger partial charge < -0.3 is 5.32 Å². The summed E-state index contributed by atoms with van der Waals surface area (Å²) in [6.07, 6.45) is 11.3. The normalized spacial score (nSPS) is 28.6. The van der Waals surface area contributed by atoms with E-state index in [1.165, 1.54) is 77.5 Å². The minimum absolute atomic E-state index is 0.553. The van der Waals surface area contributed by atoms with Gasteiger partial charge in [0.1, 0.15) is 0 Å². The molecule has 2 heteroatoms. The standard InChI is InChI=1S/C18H36N2/c1-4-18(11-7-12-19-14-18)15-20(13-10-16(2)3)17-8-5-6-9-17/h16-17,19H,4-15H2,1-3H3. The minimum Gasteiger partial charge on any atom is -0.316 e. The fraction of sp³-hybridized carbons (Fsp3) is 1.00. The van der Waals surface area contributed by atoms with Crippen molar-refractivity contribution in [2.75, 3.05) is 26.2 Å². The zero-order valence-corrected chi connectivity index (χ0v) is 14.1. The molecule has 1 N–H and O–H groups in total. The molecule has 1 unspecified atom stereocenters. The lowest BCUT2D eigenvalue weighted by atomic mass is 9.77. The topological polar surface area (TPSA) is 15.3 Å². The van der Waals surface area contributed by atoms with Gasteiger partial charge in [0.05, 0.1) is 0 Å². The number of rotatable bonds is 7. The lowest BCUT2D eigenvalue weighted by molar-refractivity contribution is 0.0789. The molecular formula is C18H36N2. The number of nitrogens with zero attached hydrogens (tertiary/aromatic N) is 1. The van der Waals surface area contributed by atoms with E-state index in [1.807, 2.05) is 0 Å². The van der Waals surface area contributed by atoms with Gasteiger partial charge in [0.2, 0.25) is 0 Å². The van der Waals surface area contributed by atoms with Crippen LogP contribution in [0.2, 0.25) is 0 Å². The average Bonchev–Trinajstić information content (AvgIpc) is 2.98. The van der Waals surface area contributed by atoms with Gasteiger partial charge in [-0.3, -0.25) is 4.90 Å². The Bertz CT molecular complexity index is 263. The minimum atomic E-state index is 0.553. The third-order valence-corrected chi connectivity index (χ3v) is 5.68. The van der Waals surface area contributed by atoms with Crippen molar-refractivity contribution in [3.63, 3.8) is 0 Å². The van der Waals surface area contributed by atoms with Gasteiger partial charge in [0.25, 0.3) is 0 Å². The molecule has 0 amide bonds. The van der Waals surface area contributed by atoms with E-state index in [4.69, 9.17) is 0 Å². The summed E-state index contributed by atoms with van der Waals surface area (Å²) in [5, 5.41) is 3.66. The fourth-order valence-corrected chi connectivity index (χ4v) is 4.09. The van der Waals surface area contributed by atoms with Crippen LogP contribution in [0.5, 0.6) is 0 Å². The zero-order chi connectivity index (χ0) is 14.4. The summed E-state index contributed by atoms with van der Waals surface area (Å²) in [5.41, 5.74) is 0.553. The Labute approximate surface area is 126 Å². The number of hydrogen-bond acceptors (Lipinski definition) is 2. The summed E-state index contributed by atoms with van der Waals surface area (Å²) in [6.45, 7) is 12.3. The Morgan fingerprint density at radius 3 is 2.50 bits per heavy atom. The highest BCUT2D eigenvalue weighted by molar-refractivity contribution is 4.90. The Kier molecular flexibility index (Phi) is 6.35. The SMILES string of the molecule is CCC1(CN(CCC(C)C)C2CCCC2)CCCNC1. The molecule has 0 spiro atoms. The fourth-order valence-electron chi connectivity index (χ4n) is 4.09. The maximum Gasteiger partial charge on any atom is 0.00955 e. The van der Waals surface area contributed by atoms with E-state index in [9.17, 15) is 0 Å². The smallest absolute Gasteiger partial charge is 0.00955 e. The van der Waals surface area contributed by atoms with Crippen LogP contribution in [-0.2, 0) is 0 Å². The second-order valence-electron chi connectivity index (χ2n) is 7.73. The van der Waals surface area contributed by atoms with Crippen molar-refractivity contribution in [3.8, 4) is 0 Å². The van der Waals surface area contributed by atoms with Crippen LogP contribution in [-0.4, -0.2) is 37.1 Å². The second kappa shape index (κ2) is 7.79. The summed E-state index contributed by atoms with van der Waals surface area (Å²) in [5.74, 6) is 0.834. The largest absolute Gasteiger partial charge is 0.316 e. The first-order valence-electron chi connectivity index (χ1n) is 9.10. The van der Waals surface area contributed by atoms with E-state index < -0.39 is 0 Å². The van der Waals surface area contributed by atoms with Crippen molar-refractivity contribution in [2.24, 2.45) is 11.3 Å². The highest BCUT2D eigenvalue weighted by Gasteiger charge is 2.34. The Morgan fingerprint density at radius 1 is 1.20 bits per heavy atom. The first kappa shape index (κ1) is 16.3. The molecule has 2 nitrogen and oxygen atoms in total. The van der Waals surface area contributed by atoms with Crippen LogP contribution in [0.3, 0.4) is 0 Å². The van der Waals surface area contributed by atoms with Gasteiger partial charge in [-0.25, -0.2) is 0 Å². The van der Waals surface area contributed by atoms with Crippen molar-refractivity contribution in [1.82, 2.24) is 10.2 Å². The lowest BCUT2D eigenvalue weighted by Gasteiger charge is -2.43. The quantitative estimate of drug-likeness (QED) is 0.756. The van der Waals surface area contributed by atoms with E-state index in [0.29, 0.717) is 5.41 Å². The van der Waals surface area contributed by atoms with Crippen LogP contribution in [0.15, 0.2) is 0 Å². The second-order valence-corrected chi connectivity index (χ2v) is 7.73. The Morgan fingerprint density at radius 2 is 1.95 bits per heavy atom. The van der Waals surface area contributed by atoms with Crippen LogP contribution in [0.1, 0.15) is 72.1 Å². The Hall–Kier alpha value is -0.0800. The van der Waals surface area contributed by atoms with Gasteiger partial charge in [-0.1, -0.05) is 33.6 Å². The van der Waals surface area contributed by atoms with Crippen molar-refractivity contribution in [2.45, 2.75) is 78.2 Å². The summed E-state index contributed by atoms with van der Waals surface area (Å²) >= 11 is 0. The van der Waals surface area contributed by atoms with E-state index in [-0.39, 0.29) is 0 Å². The monoisotopic (exact) mass is 280 g/mol. The van der Waals surface area contributed by atoms with Crippen LogP contribution in [0, 0.1) is 11.3 Å². The van der Waals surface area contributed by atoms with E-state index in [1.54, 1.807) is 0 Å². The summed E-state index contributed by atoms with van der Waals surface area (Å²) in [4.78, 5) is 2.88. The molecule has 2 fully saturated rings. The van der Waals surface area contributed by atoms with Gasteiger partial charge in [-0.2, -0.15) is 0 Å². The van der Waals surface area contributed by atoms with E-state index >= 15 is 0 Å².